The highest BCUT2D eigenvalue weighted by Gasteiger charge is 2.54. The first kappa shape index (κ1) is 36.4. The maximum atomic E-state index is 13.7. The molecule has 0 aliphatic heterocycles. The van der Waals surface area contributed by atoms with E-state index in [9.17, 15) is 37.8 Å². The smallest absolute Gasteiger partial charge is 0.324 e. The number of nitrogens with two attached hydrogens (primary N) is 1. The van der Waals surface area contributed by atoms with Gasteiger partial charge in [0.15, 0.2) is 0 Å². The number of aliphatic hydroxyl groups excluding tert-OH is 1. The maximum absolute atomic E-state index is 13.7. The zero-order chi connectivity index (χ0) is 35.1. The number of primary amides is 1. The van der Waals surface area contributed by atoms with Crippen molar-refractivity contribution in [2.75, 3.05) is 13.1 Å². The predicted molar refractivity (Wildman–Crippen MR) is 178 cm³/mol. The van der Waals surface area contributed by atoms with Crippen LogP contribution < -0.4 is 21.1 Å². The zero-order valence-corrected chi connectivity index (χ0v) is 27.7. The lowest BCUT2D eigenvalue weighted by molar-refractivity contribution is -0.140. The Morgan fingerprint density at radius 1 is 0.979 bits per heavy atom. The fraction of sp³-hybridized carbons (Fsp3) is 0.424. The number of carboxylic acid groups (broad SMARTS) is 1. The molecule has 3 aromatic rings. The first-order valence-electron chi connectivity index (χ1n) is 15.7. The van der Waals surface area contributed by atoms with Gasteiger partial charge < -0.3 is 26.6 Å². The second-order valence-electron chi connectivity index (χ2n) is 12.5. The van der Waals surface area contributed by atoms with Crippen LogP contribution in [0.3, 0.4) is 0 Å². The van der Waals surface area contributed by atoms with Gasteiger partial charge in [0, 0.05) is 18.5 Å². The van der Waals surface area contributed by atoms with Gasteiger partial charge >= 0.3 is 5.97 Å². The molecule has 0 radical (unpaired) electrons. The van der Waals surface area contributed by atoms with E-state index in [4.69, 9.17) is 5.73 Å². The van der Waals surface area contributed by atoms with Crippen LogP contribution in [0.2, 0.25) is 0 Å². The molecule has 15 heteroatoms. The molecular formula is C33H42N6O8S. The highest BCUT2D eigenvalue weighted by molar-refractivity contribution is 7.87. The molecule has 3 amide bonds. The average molecular weight is 683 g/mol. The number of hydrogen-bond acceptors (Lipinski definition) is 8. The average Bonchev–Trinajstić information content (AvgIpc) is 3.82. The van der Waals surface area contributed by atoms with Crippen LogP contribution >= 0.6 is 0 Å². The third kappa shape index (κ3) is 9.79. The number of nitrogens with zero attached hydrogens (tertiary/aromatic N) is 2. The Morgan fingerprint density at radius 3 is 2.27 bits per heavy atom. The molecule has 1 aromatic heterocycles. The predicted octanol–water partition coefficient (Wildman–Crippen LogP) is 1.10. The van der Waals surface area contributed by atoms with E-state index in [1.807, 2.05) is 26.0 Å². The molecule has 258 valence electrons. The van der Waals surface area contributed by atoms with E-state index in [-0.39, 0.29) is 37.4 Å². The van der Waals surface area contributed by atoms with E-state index in [0.717, 1.165) is 9.69 Å². The SMILES string of the molecule is CC(C)CCN(C[C@@H](O)[C@H](Cc1ccccc1)NC(=O)C(CC(N)=O)NC(=O)c1ccc2ccccc2n1)S(=O)(=O)NC1(C(=O)O)CC1. The minimum Gasteiger partial charge on any atom is -0.480 e. The number of benzene rings is 2. The number of carboxylic acids is 1. The summed E-state index contributed by atoms with van der Waals surface area (Å²) in [6, 6.07) is 16.6. The van der Waals surface area contributed by atoms with Crippen LogP contribution in [0.15, 0.2) is 66.7 Å². The van der Waals surface area contributed by atoms with Gasteiger partial charge in [-0.3, -0.25) is 19.2 Å². The minimum atomic E-state index is -4.38. The third-order valence-corrected chi connectivity index (χ3v) is 9.78. The van der Waals surface area contributed by atoms with Crippen LogP contribution in [0.25, 0.3) is 10.9 Å². The lowest BCUT2D eigenvalue weighted by Crippen LogP contribution is -2.57. The van der Waals surface area contributed by atoms with E-state index < -0.39 is 70.6 Å². The van der Waals surface area contributed by atoms with Crippen LogP contribution in [0.5, 0.6) is 0 Å². The number of carbonyl (C=O) groups excluding carboxylic acids is 3. The number of aliphatic carboxylic acids is 1. The van der Waals surface area contributed by atoms with Crippen molar-refractivity contribution in [3.05, 3.63) is 78.0 Å². The fourth-order valence-electron chi connectivity index (χ4n) is 5.11. The van der Waals surface area contributed by atoms with Gasteiger partial charge in [0.1, 0.15) is 17.3 Å². The third-order valence-electron chi connectivity index (χ3n) is 8.12. The van der Waals surface area contributed by atoms with Gasteiger partial charge in [0.2, 0.25) is 11.8 Å². The number of aliphatic hydroxyl groups is 1. The Balaban J connectivity index is 1.57. The Labute approximate surface area is 279 Å². The van der Waals surface area contributed by atoms with Crippen molar-refractivity contribution in [2.24, 2.45) is 11.7 Å². The molecule has 0 bridgehead atoms. The molecule has 1 saturated carbocycles. The quantitative estimate of drug-likeness (QED) is 0.113. The van der Waals surface area contributed by atoms with Gasteiger partial charge in [-0.05, 0) is 49.3 Å². The lowest BCUT2D eigenvalue weighted by atomic mass is 10.00. The van der Waals surface area contributed by atoms with Crippen molar-refractivity contribution in [1.29, 1.82) is 0 Å². The van der Waals surface area contributed by atoms with Crippen LogP contribution in [-0.2, 0) is 31.0 Å². The zero-order valence-electron chi connectivity index (χ0n) is 26.8. The Kier molecular flexibility index (Phi) is 11.9. The second-order valence-corrected chi connectivity index (χ2v) is 14.2. The molecule has 0 saturated heterocycles. The van der Waals surface area contributed by atoms with Gasteiger partial charge in [-0.2, -0.15) is 17.4 Å². The van der Waals surface area contributed by atoms with Crippen molar-refractivity contribution in [2.45, 2.75) is 69.7 Å². The van der Waals surface area contributed by atoms with Crippen molar-refractivity contribution in [1.82, 2.24) is 24.6 Å². The summed E-state index contributed by atoms with van der Waals surface area (Å²) in [7, 11) is -4.38. The Hall–Kier alpha value is -4.44. The fourth-order valence-corrected chi connectivity index (χ4v) is 6.72. The van der Waals surface area contributed by atoms with Crippen molar-refractivity contribution in [3.8, 4) is 0 Å². The molecule has 2 aromatic carbocycles. The number of pyridine rings is 1. The van der Waals surface area contributed by atoms with Crippen LogP contribution in [0.1, 0.15) is 55.6 Å². The van der Waals surface area contributed by atoms with E-state index in [1.165, 1.54) is 6.07 Å². The summed E-state index contributed by atoms with van der Waals surface area (Å²) in [5.41, 5.74) is 5.08. The molecule has 1 fully saturated rings. The summed E-state index contributed by atoms with van der Waals surface area (Å²) in [5, 5.41) is 27.1. The van der Waals surface area contributed by atoms with Gasteiger partial charge in [0.25, 0.3) is 16.1 Å². The summed E-state index contributed by atoms with van der Waals surface area (Å²) < 4.78 is 30.2. The summed E-state index contributed by atoms with van der Waals surface area (Å²) in [5.74, 6) is -3.63. The number of rotatable bonds is 18. The molecule has 4 rings (SSSR count). The second kappa shape index (κ2) is 15.6. The summed E-state index contributed by atoms with van der Waals surface area (Å²) in [6.07, 6.45) is -1.31. The molecule has 7 N–H and O–H groups in total. The first-order valence-corrected chi connectivity index (χ1v) is 17.1. The number of para-hydroxylation sites is 1. The summed E-state index contributed by atoms with van der Waals surface area (Å²) >= 11 is 0. The van der Waals surface area contributed by atoms with Gasteiger partial charge in [-0.15, -0.1) is 0 Å². The van der Waals surface area contributed by atoms with Crippen LogP contribution in [-0.4, -0.2) is 88.4 Å². The van der Waals surface area contributed by atoms with Crippen LogP contribution in [0.4, 0.5) is 0 Å². The standard InChI is InChI=1S/C33H42N6O8S/c1-21(2)14-17-39(48(46,47)38-33(15-16-33)32(44)45)20-28(40)26(18-22-8-4-3-5-9-22)36-31(43)27(19-29(34)41)37-30(42)25-13-12-23-10-6-7-11-24(23)35-25/h3-13,21,26-28,38,40H,14-20H2,1-2H3,(H2,34,41)(H,36,43)(H,37,42)(H,44,45)/t26-,27?,28+/m0/s1. The van der Waals surface area contributed by atoms with Crippen molar-refractivity contribution < 1.29 is 37.8 Å². The van der Waals surface area contributed by atoms with Crippen molar-refractivity contribution >= 4 is 44.8 Å². The number of carbonyl (C=O) groups is 4. The number of aromatic nitrogens is 1. The summed E-state index contributed by atoms with van der Waals surface area (Å²) in [6.45, 7) is 3.29. The molecule has 1 aliphatic carbocycles. The molecule has 3 atom stereocenters. The van der Waals surface area contributed by atoms with E-state index >= 15 is 0 Å². The molecule has 1 heterocycles. The molecule has 14 nitrogen and oxygen atoms in total. The summed E-state index contributed by atoms with van der Waals surface area (Å²) in [4.78, 5) is 54.9. The Bertz CT molecular complexity index is 1730. The largest absolute Gasteiger partial charge is 0.480 e. The normalized spacial score (nSPS) is 15.9. The highest BCUT2D eigenvalue weighted by atomic mass is 32.2. The van der Waals surface area contributed by atoms with Crippen molar-refractivity contribution in [3.63, 3.8) is 0 Å². The Morgan fingerprint density at radius 2 is 1.65 bits per heavy atom. The number of amides is 3. The lowest BCUT2D eigenvalue weighted by Gasteiger charge is -2.31. The molecule has 0 spiro atoms. The number of hydrogen-bond donors (Lipinski definition) is 6. The molecule has 1 aliphatic rings. The van der Waals surface area contributed by atoms with E-state index in [0.29, 0.717) is 17.5 Å². The topological polar surface area (TPSA) is 221 Å². The first-order chi connectivity index (χ1) is 22.7. The van der Waals surface area contributed by atoms with E-state index in [1.54, 1.807) is 48.5 Å². The highest BCUT2D eigenvalue weighted by Crippen LogP contribution is 2.36. The van der Waals surface area contributed by atoms with E-state index in [2.05, 4.69) is 20.3 Å². The molecule has 1 unspecified atom stereocenters. The van der Waals surface area contributed by atoms with Gasteiger partial charge in [-0.1, -0.05) is 68.4 Å². The van der Waals surface area contributed by atoms with Gasteiger partial charge in [0.05, 0.1) is 24.1 Å². The minimum absolute atomic E-state index is 0.00476. The number of nitrogens with one attached hydrogen (secondary N) is 3. The number of fused-ring (bicyclic) bond motifs is 1. The van der Waals surface area contributed by atoms with Crippen LogP contribution in [0, 0.1) is 5.92 Å². The van der Waals surface area contributed by atoms with Gasteiger partial charge in [-0.25, -0.2) is 4.98 Å². The monoisotopic (exact) mass is 682 g/mol. The molecule has 48 heavy (non-hydrogen) atoms. The molecular weight excluding hydrogens is 640 g/mol. The maximum Gasteiger partial charge on any atom is 0.324 e.